The predicted octanol–water partition coefficient (Wildman–Crippen LogP) is 1.88. The molecule has 0 heterocycles. The number of amides is 2. The van der Waals surface area contributed by atoms with Crippen molar-refractivity contribution in [1.29, 1.82) is 5.26 Å². The third kappa shape index (κ3) is 7.04. The second kappa shape index (κ2) is 10.1. The van der Waals surface area contributed by atoms with Gasteiger partial charge >= 0.3 is 0 Å². The molecule has 1 saturated carbocycles. The van der Waals surface area contributed by atoms with E-state index in [1.807, 2.05) is 0 Å². The maximum absolute atomic E-state index is 11.9. The van der Waals surface area contributed by atoms with Crippen LogP contribution in [0.15, 0.2) is 29.4 Å². The van der Waals surface area contributed by atoms with Crippen molar-refractivity contribution < 1.29 is 14.3 Å². The minimum absolute atomic E-state index is 0.00580. The molecule has 132 valence electrons. The quantitative estimate of drug-likeness (QED) is 0.583. The fourth-order valence-corrected chi connectivity index (χ4v) is 2.61. The first-order valence-electron chi connectivity index (χ1n) is 8.38. The van der Waals surface area contributed by atoms with Crippen molar-refractivity contribution in [3.63, 3.8) is 0 Å². The number of carbonyl (C=O) groups excluding carboxylic acids is 2. The highest BCUT2D eigenvalue weighted by atomic mass is 16.5. The van der Waals surface area contributed by atoms with Gasteiger partial charge in [0.1, 0.15) is 12.2 Å². The first kappa shape index (κ1) is 18.5. The Hall–Kier alpha value is -2.88. The summed E-state index contributed by atoms with van der Waals surface area (Å²) in [6, 6.07) is 8.99. The molecule has 0 unspecified atom stereocenters. The maximum atomic E-state index is 11.9. The van der Waals surface area contributed by atoms with E-state index < -0.39 is 5.91 Å². The molecular weight excluding hydrogens is 320 g/mol. The lowest BCUT2D eigenvalue weighted by Crippen LogP contribution is -2.38. The third-order valence-corrected chi connectivity index (χ3v) is 3.86. The van der Waals surface area contributed by atoms with Crippen molar-refractivity contribution in [3.05, 3.63) is 29.8 Å². The molecule has 7 nitrogen and oxygen atoms in total. The lowest BCUT2D eigenvalue weighted by Gasteiger charge is -2.22. The van der Waals surface area contributed by atoms with Crippen LogP contribution in [-0.2, 0) is 9.59 Å². The SMILES string of the molecule is N#CCC(=O)N/N=C/c1ccc(OCC(=O)NC2CCCCC2)cc1. The molecule has 0 spiro atoms. The highest BCUT2D eigenvalue weighted by Gasteiger charge is 2.15. The smallest absolute Gasteiger partial charge is 0.258 e. The highest BCUT2D eigenvalue weighted by Crippen LogP contribution is 2.17. The summed E-state index contributed by atoms with van der Waals surface area (Å²) in [5.74, 6) is 0.0323. The van der Waals surface area contributed by atoms with Crippen LogP contribution in [-0.4, -0.2) is 30.7 Å². The number of rotatable bonds is 7. The standard InChI is InChI=1S/C18H22N4O3/c19-11-10-17(23)22-20-12-14-6-8-16(9-7-14)25-13-18(24)21-15-4-2-1-3-5-15/h6-9,12,15H,1-5,10,13H2,(H,21,24)(H,22,23)/b20-12+. The van der Waals surface area contributed by atoms with E-state index in [-0.39, 0.29) is 25.0 Å². The molecule has 1 aliphatic rings. The molecule has 0 aromatic heterocycles. The lowest BCUT2D eigenvalue weighted by atomic mass is 9.95. The van der Waals surface area contributed by atoms with E-state index >= 15 is 0 Å². The molecule has 25 heavy (non-hydrogen) atoms. The number of nitrogens with zero attached hydrogens (tertiary/aromatic N) is 2. The second-order valence-electron chi connectivity index (χ2n) is 5.89. The number of nitriles is 1. The first-order valence-corrected chi connectivity index (χ1v) is 8.38. The fraction of sp³-hybridized carbons (Fsp3) is 0.444. The van der Waals surface area contributed by atoms with E-state index in [1.54, 1.807) is 30.3 Å². The van der Waals surface area contributed by atoms with Crippen LogP contribution in [0.25, 0.3) is 0 Å². The van der Waals surface area contributed by atoms with E-state index in [4.69, 9.17) is 10.00 Å². The molecule has 1 aromatic rings. The predicted molar refractivity (Wildman–Crippen MR) is 92.9 cm³/mol. The van der Waals surface area contributed by atoms with Crippen LogP contribution in [0.3, 0.4) is 0 Å². The summed E-state index contributed by atoms with van der Waals surface area (Å²) < 4.78 is 5.48. The number of hydrazone groups is 1. The average Bonchev–Trinajstić information content (AvgIpc) is 2.62. The van der Waals surface area contributed by atoms with Crippen LogP contribution in [0.1, 0.15) is 44.1 Å². The summed E-state index contributed by atoms with van der Waals surface area (Å²) in [6.45, 7) is -0.00580. The number of nitrogens with one attached hydrogen (secondary N) is 2. The van der Waals surface area contributed by atoms with Gasteiger partial charge in [-0.3, -0.25) is 9.59 Å². The van der Waals surface area contributed by atoms with Crippen LogP contribution < -0.4 is 15.5 Å². The summed E-state index contributed by atoms with van der Waals surface area (Å²) in [7, 11) is 0. The Morgan fingerprint density at radius 1 is 1.20 bits per heavy atom. The minimum atomic E-state index is -0.456. The summed E-state index contributed by atoms with van der Waals surface area (Å²) in [5, 5.41) is 15.1. The minimum Gasteiger partial charge on any atom is -0.484 e. The monoisotopic (exact) mass is 342 g/mol. The Labute approximate surface area is 147 Å². The van der Waals surface area contributed by atoms with Gasteiger partial charge in [-0.15, -0.1) is 0 Å². The maximum Gasteiger partial charge on any atom is 0.258 e. The summed E-state index contributed by atoms with van der Waals surface area (Å²) in [4.78, 5) is 23.0. The first-order chi connectivity index (χ1) is 12.2. The fourth-order valence-electron chi connectivity index (χ4n) is 2.61. The molecule has 0 atom stereocenters. The molecule has 7 heteroatoms. The van der Waals surface area contributed by atoms with Gasteiger partial charge in [0.2, 0.25) is 0 Å². The van der Waals surface area contributed by atoms with Crippen LogP contribution in [0.4, 0.5) is 0 Å². The zero-order valence-corrected chi connectivity index (χ0v) is 14.0. The van der Waals surface area contributed by atoms with Gasteiger partial charge in [0.05, 0.1) is 12.3 Å². The zero-order valence-electron chi connectivity index (χ0n) is 14.0. The van der Waals surface area contributed by atoms with Crippen molar-refractivity contribution in [1.82, 2.24) is 10.7 Å². The molecule has 2 N–H and O–H groups in total. The van der Waals surface area contributed by atoms with Gasteiger partial charge < -0.3 is 10.1 Å². The van der Waals surface area contributed by atoms with Gasteiger partial charge in [0.25, 0.3) is 11.8 Å². The van der Waals surface area contributed by atoms with Gasteiger partial charge in [0.15, 0.2) is 6.61 Å². The average molecular weight is 342 g/mol. The number of benzene rings is 1. The molecule has 0 radical (unpaired) electrons. The number of ether oxygens (including phenoxy) is 1. The largest absolute Gasteiger partial charge is 0.484 e. The summed E-state index contributed by atoms with van der Waals surface area (Å²) in [5.41, 5.74) is 3.01. The van der Waals surface area contributed by atoms with E-state index in [0.29, 0.717) is 5.75 Å². The molecule has 0 saturated heterocycles. The topological polar surface area (TPSA) is 104 Å². The Morgan fingerprint density at radius 3 is 2.60 bits per heavy atom. The second-order valence-corrected chi connectivity index (χ2v) is 5.89. The normalized spacial score (nSPS) is 14.7. The Bertz CT molecular complexity index is 643. The van der Waals surface area contributed by atoms with Gasteiger partial charge in [-0.25, -0.2) is 5.43 Å². The molecule has 0 aliphatic heterocycles. The van der Waals surface area contributed by atoms with E-state index in [1.165, 1.54) is 25.5 Å². The van der Waals surface area contributed by atoms with Crippen LogP contribution in [0.2, 0.25) is 0 Å². The van der Waals surface area contributed by atoms with Gasteiger partial charge in [0, 0.05) is 6.04 Å². The highest BCUT2D eigenvalue weighted by molar-refractivity contribution is 5.83. The van der Waals surface area contributed by atoms with E-state index in [9.17, 15) is 9.59 Å². The van der Waals surface area contributed by atoms with Crippen molar-refractivity contribution in [3.8, 4) is 11.8 Å². The van der Waals surface area contributed by atoms with Crippen LogP contribution >= 0.6 is 0 Å². The van der Waals surface area contributed by atoms with Crippen LogP contribution in [0.5, 0.6) is 5.75 Å². The summed E-state index contributed by atoms with van der Waals surface area (Å²) >= 11 is 0. The van der Waals surface area contributed by atoms with Crippen molar-refractivity contribution in [2.24, 2.45) is 5.10 Å². The number of hydrogen-bond donors (Lipinski definition) is 2. The molecule has 1 aromatic carbocycles. The number of carbonyl (C=O) groups is 2. The van der Waals surface area contributed by atoms with Crippen molar-refractivity contribution in [2.75, 3.05) is 6.61 Å². The van der Waals surface area contributed by atoms with E-state index in [0.717, 1.165) is 18.4 Å². The number of hydrogen-bond acceptors (Lipinski definition) is 5. The van der Waals surface area contributed by atoms with Gasteiger partial charge in [-0.1, -0.05) is 19.3 Å². The molecule has 1 aliphatic carbocycles. The zero-order chi connectivity index (χ0) is 17.9. The molecule has 1 fully saturated rings. The lowest BCUT2D eigenvalue weighted by molar-refractivity contribution is -0.124. The van der Waals surface area contributed by atoms with Crippen molar-refractivity contribution >= 4 is 18.0 Å². The molecule has 0 bridgehead atoms. The molecular formula is C18H22N4O3. The third-order valence-electron chi connectivity index (χ3n) is 3.86. The Morgan fingerprint density at radius 2 is 1.92 bits per heavy atom. The summed E-state index contributed by atoms with van der Waals surface area (Å²) in [6.07, 6.45) is 6.93. The van der Waals surface area contributed by atoms with Gasteiger partial charge in [-0.05, 0) is 42.7 Å². The Kier molecular flexibility index (Phi) is 7.44. The van der Waals surface area contributed by atoms with Gasteiger partial charge in [-0.2, -0.15) is 10.4 Å². The van der Waals surface area contributed by atoms with Crippen molar-refractivity contribution in [2.45, 2.75) is 44.6 Å². The molecule has 2 amide bonds. The van der Waals surface area contributed by atoms with Crippen LogP contribution in [0, 0.1) is 11.3 Å². The van der Waals surface area contributed by atoms with E-state index in [2.05, 4.69) is 15.8 Å². The Balaban J connectivity index is 1.72. The molecule has 2 rings (SSSR count).